The lowest BCUT2D eigenvalue weighted by Gasteiger charge is -1.97. The molecule has 82 valence electrons. The minimum absolute atomic E-state index is 0.334. The van der Waals surface area contributed by atoms with Crippen molar-refractivity contribution < 1.29 is 9.53 Å². The molecule has 16 heavy (non-hydrogen) atoms. The number of aromatic nitrogens is 1. The lowest BCUT2D eigenvalue weighted by atomic mass is 10.1. The Morgan fingerprint density at radius 1 is 1.25 bits per heavy atom. The number of aromatic amines is 1. The van der Waals surface area contributed by atoms with Crippen molar-refractivity contribution in [3.05, 3.63) is 59.4 Å². The molecule has 0 saturated carbocycles. The second-order valence-electron chi connectivity index (χ2n) is 3.58. The van der Waals surface area contributed by atoms with Gasteiger partial charge in [0.15, 0.2) is 0 Å². The molecule has 0 spiro atoms. The van der Waals surface area contributed by atoms with Gasteiger partial charge in [-0.15, -0.1) is 0 Å². The molecule has 0 aliphatic heterocycles. The van der Waals surface area contributed by atoms with Crippen LogP contribution in [-0.4, -0.2) is 18.1 Å². The first kappa shape index (κ1) is 10.5. The fourth-order valence-corrected chi connectivity index (χ4v) is 1.60. The monoisotopic (exact) mass is 215 g/mol. The van der Waals surface area contributed by atoms with Crippen molar-refractivity contribution in [2.75, 3.05) is 7.11 Å². The Labute approximate surface area is 94.1 Å². The first-order chi connectivity index (χ1) is 7.79. The molecule has 0 aliphatic carbocycles. The van der Waals surface area contributed by atoms with E-state index in [0.29, 0.717) is 5.69 Å². The van der Waals surface area contributed by atoms with Gasteiger partial charge in [-0.05, 0) is 23.6 Å². The summed E-state index contributed by atoms with van der Waals surface area (Å²) >= 11 is 0. The average Bonchev–Trinajstić information content (AvgIpc) is 2.78. The number of rotatable bonds is 3. The van der Waals surface area contributed by atoms with Gasteiger partial charge in [-0.1, -0.05) is 30.3 Å². The maximum atomic E-state index is 11.2. The van der Waals surface area contributed by atoms with Crippen LogP contribution >= 0.6 is 0 Å². The smallest absolute Gasteiger partial charge is 0.354 e. The molecule has 3 heteroatoms. The number of nitrogens with one attached hydrogen (secondary N) is 1. The highest BCUT2D eigenvalue weighted by atomic mass is 16.5. The Balaban J connectivity index is 2.12. The van der Waals surface area contributed by atoms with Crippen LogP contribution in [0.1, 0.15) is 21.6 Å². The maximum Gasteiger partial charge on any atom is 0.354 e. The summed E-state index contributed by atoms with van der Waals surface area (Å²) in [4.78, 5) is 14.1. The van der Waals surface area contributed by atoms with Crippen molar-refractivity contribution in [1.82, 2.24) is 4.98 Å². The van der Waals surface area contributed by atoms with Crippen molar-refractivity contribution >= 4 is 5.97 Å². The standard InChI is InChI=1S/C13H13NO2/c1-16-13(15)12-8-11(9-14-12)7-10-5-3-2-4-6-10/h2-6,8-9,14H,7H2,1H3. The summed E-state index contributed by atoms with van der Waals surface area (Å²) < 4.78 is 4.63. The molecule has 3 nitrogen and oxygen atoms in total. The molecule has 0 bridgehead atoms. The maximum absolute atomic E-state index is 11.2. The lowest BCUT2D eigenvalue weighted by molar-refractivity contribution is 0.0595. The number of hydrogen-bond acceptors (Lipinski definition) is 2. The SMILES string of the molecule is COC(=O)c1cc(Cc2ccccc2)c[nH]1. The third-order valence-electron chi connectivity index (χ3n) is 2.40. The fraction of sp³-hybridized carbons (Fsp3) is 0.154. The van der Waals surface area contributed by atoms with Crippen LogP contribution in [0.5, 0.6) is 0 Å². The van der Waals surface area contributed by atoms with Crippen molar-refractivity contribution in [2.24, 2.45) is 0 Å². The predicted octanol–water partition coefficient (Wildman–Crippen LogP) is 2.39. The van der Waals surface area contributed by atoms with Gasteiger partial charge in [0, 0.05) is 6.20 Å². The number of ether oxygens (including phenoxy) is 1. The van der Waals surface area contributed by atoms with Crippen LogP contribution in [0.2, 0.25) is 0 Å². The number of carbonyl (C=O) groups excluding carboxylic acids is 1. The van der Waals surface area contributed by atoms with E-state index in [4.69, 9.17) is 0 Å². The molecular formula is C13H13NO2. The molecule has 0 radical (unpaired) electrons. The lowest BCUT2D eigenvalue weighted by Crippen LogP contribution is -2.00. The fourth-order valence-electron chi connectivity index (χ4n) is 1.60. The topological polar surface area (TPSA) is 42.1 Å². The number of esters is 1. The number of hydrogen-bond donors (Lipinski definition) is 1. The molecule has 0 fully saturated rings. The Morgan fingerprint density at radius 3 is 2.69 bits per heavy atom. The van der Waals surface area contributed by atoms with Crippen molar-refractivity contribution in [3.63, 3.8) is 0 Å². The highest BCUT2D eigenvalue weighted by Crippen LogP contribution is 2.11. The van der Waals surface area contributed by atoms with Gasteiger partial charge in [0.05, 0.1) is 7.11 Å². The normalized spacial score (nSPS) is 10.1. The minimum Gasteiger partial charge on any atom is -0.464 e. The number of benzene rings is 1. The van der Waals surface area contributed by atoms with Gasteiger partial charge >= 0.3 is 5.97 Å². The van der Waals surface area contributed by atoms with E-state index in [1.165, 1.54) is 12.7 Å². The van der Waals surface area contributed by atoms with Crippen LogP contribution in [-0.2, 0) is 11.2 Å². The molecule has 1 N–H and O–H groups in total. The highest BCUT2D eigenvalue weighted by molar-refractivity contribution is 5.87. The number of methoxy groups -OCH3 is 1. The van der Waals surface area contributed by atoms with E-state index in [-0.39, 0.29) is 5.97 Å². The van der Waals surface area contributed by atoms with Crippen LogP contribution in [0.4, 0.5) is 0 Å². The Morgan fingerprint density at radius 2 is 2.00 bits per heavy atom. The van der Waals surface area contributed by atoms with E-state index in [0.717, 1.165) is 12.0 Å². The van der Waals surface area contributed by atoms with Crippen molar-refractivity contribution in [1.29, 1.82) is 0 Å². The molecule has 1 heterocycles. The van der Waals surface area contributed by atoms with Crippen molar-refractivity contribution in [2.45, 2.75) is 6.42 Å². The van der Waals surface area contributed by atoms with Gasteiger partial charge in [0.25, 0.3) is 0 Å². The molecule has 0 aliphatic rings. The largest absolute Gasteiger partial charge is 0.464 e. The Hall–Kier alpha value is -2.03. The van der Waals surface area contributed by atoms with Crippen LogP contribution < -0.4 is 0 Å². The first-order valence-corrected chi connectivity index (χ1v) is 5.09. The van der Waals surface area contributed by atoms with Gasteiger partial charge in [-0.2, -0.15) is 0 Å². The van der Waals surface area contributed by atoms with Gasteiger partial charge in [-0.3, -0.25) is 0 Å². The van der Waals surface area contributed by atoms with Gasteiger partial charge in [-0.25, -0.2) is 4.79 Å². The van der Waals surface area contributed by atoms with E-state index in [2.05, 4.69) is 21.9 Å². The summed E-state index contributed by atoms with van der Waals surface area (Å²) in [5.74, 6) is -0.334. The predicted molar refractivity (Wildman–Crippen MR) is 61.4 cm³/mol. The van der Waals surface area contributed by atoms with E-state index < -0.39 is 0 Å². The third-order valence-corrected chi connectivity index (χ3v) is 2.40. The van der Waals surface area contributed by atoms with E-state index in [9.17, 15) is 4.79 Å². The molecule has 0 atom stereocenters. The first-order valence-electron chi connectivity index (χ1n) is 5.09. The second kappa shape index (κ2) is 4.66. The summed E-state index contributed by atoms with van der Waals surface area (Å²) in [7, 11) is 1.38. The highest BCUT2D eigenvalue weighted by Gasteiger charge is 2.08. The second-order valence-corrected chi connectivity index (χ2v) is 3.58. The van der Waals surface area contributed by atoms with E-state index in [1.807, 2.05) is 30.5 Å². The van der Waals surface area contributed by atoms with Gasteiger partial charge < -0.3 is 9.72 Å². The summed E-state index contributed by atoms with van der Waals surface area (Å²) in [6.45, 7) is 0. The van der Waals surface area contributed by atoms with E-state index in [1.54, 1.807) is 0 Å². The van der Waals surface area contributed by atoms with Crippen molar-refractivity contribution in [3.8, 4) is 0 Å². The zero-order chi connectivity index (χ0) is 11.4. The molecule has 0 unspecified atom stereocenters. The molecule has 1 aromatic carbocycles. The Kier molecular flexibility index (Phi) is 3.05. The molecule has 1 aromatic heterocycles. The molecular weight excluding hydrogens is 202 g/mol. The van der Waals surface area contributed by atoms with Crippen LogP contribution in [0.15, 0.2) is 42.6 Å². The summed E-state index contributed by atoms with van der Waals surface area (Å²) in [6.07, 6.45) is 2.65. The van der Waals surface area contributed by atoms with Gasteiger partial charge in [0.2, 0.25) is 0 Å². The summed E-state index contributed by atoms with van der Waals surface area (Å²) in [5, 5.41) is 0. The summed E-state index contributed by atoms with van der Waals surface area (Å²) in [6, 6.07) is 11.9. The van der Waals surface area contributed by atoms with Crippen LogP contribution in [0.3, 0.4) is 0 Å². The minimum atomic E-state index is -0.334. The van der Waals surface area contributed by atoms with Crippen LogP contribution in [0, 0.1) is 0 Å². The zero-order valence-electron chi connectivity index (χ0n) is 9.07. The quantitative estimate of drug-likeness (QED) is 0.799. The zero-order valence-corrected chi connectivity index (χ0v) is 9.07. The molecule has 2 rings (SSSR count). The van der Waals surface area contributed by atoms with Gasteiger partial charge in [0.1, 0.15) is 5.69 Å². The Bertz CT molecular complexity index is 474. The van der Waals surface area contributed by atoms with Crippen LogP contribution in [0.25, 0.3) is 0 Å². The third kappa shape index (κ3) is 2.31. The molecule has 2 aromatic rings. The number of H-pyrrole nitrogens is 1. The average molecular weight is 215 g/mol. The number of carbonyl (C=O) groups is 1. The summed E-state index contributed by atoms with van der Waals surface area (Å²) in [5.41, 5.74) is 2.79. The molecule has 0 amide bonds. The van der Waals surface area contributed by atoms with E-state index >= 15 is 0 Å². The molecule has 0 saturated heterocycles.